The Labute approximate surface area is 188 Å². The summed E-state index contributed by atoms with van der Waals surface area (Å²) in [6.07, 6.45) is 1.97. The minimum atomic E-state index is -0.254. The minimum Gasteiger partial charge on any atom is -0.490 e. The van der Waals surface area contributed by atoms with Gasteiger partial charge in [-0.2, -0.15) is 0 Å². The van der Waals surface area contributed by atoms with Crippen LogP contribution in [0, 0.1) is 0 Å². The molecule has 2 N–H and O–H groups in total. The molecular weight excluding hydrogens is 404 g/mol. The average molecular weight is 433 g/mol. The first-order chi connectivity index (χ1) is 15.7. The molecular formula is C26H28N2O4. The van der Waals surface area contributed by atoms with E-state index in [9.17, 15) is 9.59 Å². The van der Waals surface area contributed by atoms with Gasteiger partial charge in [0.2, 0.25) is 0 Å². The molecule has 0 aliphatic rings. The molecule has 0 heterocycles. The molecule has 0 saturated carbocycles. The summed E-state index contributed by atoms with van der Waals surface area (Å²) in [5.41, 5.74) is 1.66. The quantitative estimate of drug-likeness (QED) is 0.422. The Morgan fingerprint density at radius 2 is 1.44 bits per heavy atom. The molecule has 6 nitrogen and oxygen atoms in total. The first kappa shape index (κ1) is 22.9. The fourth-order valence-electron chi connectivity index (χ4n) is 2.95. The number of benzene rings is 3. The number of unbranched alkanes of at least 4 members (excludes halogenated alkanes) is 1. The van der Waals surface area contributed by atoms with Gasteiger partial charge in [-0.3, -0.25) is 9.59 Å². The molecule has 0 aliphatic heterocycles. The van der Waals surface area contributed by atoms with Gasteiger partial charge in [-0.1, -0.05) is 37.6 Å². The van der Waals surface area contributed by atoms with E-state index in [1.54, 1.807) is 48.5 Å². The first-order valence-corrected chi connectivity index (χ1v) is 10.8. The number of hydrogen-bond acceptors (Lipinski definition) is 4. The summed E-state index contributed by atoms with van der Waals surface area (Å²) in [5.74, 6) is 1.01. The largest absolute Gasteiger partial charge is 0.490 e. The topological polar surface area (TPSA) is 76.7 Å². The maximum atomic E-state index is 12.6. The molecule has 0 saturated heterocycles. The van der Waals surface area contributed by atoms with Crippen LogP contribution in [0.2, 0.25) is 0 Å². The number of carbonyl (C=O) groups excluding carboxylic acids is 2. The third-order valence-corrected chi connectivity index (χ3v) is 4.68. The Hall–Kier alpha value is -3.80. The molecule has 166 valence electrons. The molecule has 2 amide bonds. The van der Waals surface area contributed by atoms with Gasteiger partial charge >= 0.3 is 0 Å². The van der Waals surface area contributed by atoms with Crippen LogP contribution in [-0.2, 0) is 0 Å². The van der Waals surface area contributed by atoms with Crippen LogP contribution in [0.4, 0.5) is 5.69 Å². The van der Waals surface area contributed by atoms with E-state index in [0.717, 1.165) is 18.6 Å². The fourth-order valence-corrected chi connectivity index (χ4v) is 2.95. The molecule has 0 unspecified atom stereocenters. The van der Waals surface area contributed by atoms with E-state index >= 15 is 0 Å². The molecule has 0 bridgehead atoms. The van der Waals surface area contributed by atoms with E-state index in [0.29, 0.717) is 42.3 Å². The van der Waals surface area contributed by atoms with Crippen molar-refractivity contribution in [3.63, 3.8) is 0 Å². The highest BCUT2D eigenvalue weighted by Crippen LogP contribution is 2.16. The van der Waals surface area contributed by atoms with Crippen molar-refractivity contribution in [2.75, 3.05) is 25.1 Å². The number of rotatable bonds is 11. The highest BCUT2D eigenvalue weighted by molar-refractivity contribution is 6.04. The zero-order chi connectivity index (χ0) is 22.6. The smallest absolute Gasteiger partial charge is 0.255 e. The van der Waals surface area contributed by atoms with Crippen LogP contribution in [-0.4, -0.2) is 31.6 Å². The maximum absolute atomic E-state index is 12.6. The highest BCUT2D eigenvalue weighted by atomic mass is 16.5. The fraction of sp³-hybridized carbons (Fsp3) is 0.231. The lowest BCUT2D eigenvalue weighted by molar-refractivity contribution is 0.0952. The number of hydrogen-bond donors (Lipinski definition) is 2. The second kappa shape index (κ2) is 12.2. The molecule has 0 fully saturated rings. The molecule has 3 aromatic carbocycles. The van der Waals surface area contributed by atoms with Gasteiger partial charge < -0.3 is 20.1 Å². The van der Waals surface area contributed by atoms with Gasteiger partial charge in [-0.15, -0.1) is 0 Å². The summed E-state index contributed by atoms with van der Waals surface area (Å²) in [6.45, 7) is 3.50. The van der Waals surface area contributed by atoms with Crippen molar-refractivity contribution >= 4 is 17.5 Å². The van der Waals surface area contributed by atoms with Crippen molar-refractivity contribution in [3.8, 4) is 11.5 Å². The van der Waals surface area contributed by atoms with Crippen LogP contribution in [0.3, 0.4) is 0 Å². The van der Waals surface area contributed by atoms with Crippen LogP contribution in [0.1, 0.15) is 40.5 Å². The standard InChI is InChI=1S/C26H28N2O4/c1-2-3-16-27-25(29)20-12-14-22(15-13-20)28-26(30)21-8-7-11-24(19-21)32-18-17-31-23-9-5-4-6-10-23/h4-15,19H,2-3,16-18H2,1H3,(H,27,29)(H,28,30). The maximum Gasteiger partial charge on any atom is 0.255 e. The van der Waals surface area contributed by atoms with Gasteiger partial charge in [0.15, 0.2) is 0 Å². The van der Waals surface area contributed by atoms with E-state index in [2.05, 4.69) is 17.6 Å². The van der Waals surface area contributed by atoms with Gasteiger partial charge in [0, 0.05) is 23.4 Å². The van der Waals surface area contributed by atoms with Gasteiger partial charge in [-0.25, -0.2) is 0 Å². The Morgan fingerprint density at radius 3 is 2.16 bits per heavy atom. The minimum absolute atomic E-state index is 0.113. The van der Waals surface area contributed by atoms with Crippen molar-refractivity contribution in [3.05, 3.63) is 90.0 Å². The van der Waals surface area contributed by atoms with Crippen molar-refractivity contribution in [1.29, 1.82) is 0 Å². The van der Waals surface area contributed by atoms with E-state index in [1.807, 2.05) is 30.3 Å². The molecule has 0 spiro atoms. The van der Waals surface area contributed by atoms with Gasteiger partial charge in [-0.05, 0) is 61.0 Å². The molecule has 0 radical (unpaired) electrons. The Balaban J connectivity index is 1.49. The molecule has 6 heteroatoms. The van der Waals surface area contributed by atoms with Crippen LogP contribution < -0.4 is 20.1 Å². The summed E-state index contributed by atoms with van der Waals surface area (Å²) < 4.78 is 11.3. The third kappa shape index (κ3) is 7.16. The van der Waals surface area contributed by atoms with Crippen molar-refractivity contribution < 1.29 is 19.1 Å². The van der Waals surface area contributed by atoms with Crippen molar-refractivity contribution in [2.45, 2.75) is 19.8 Å². The van der Waals surface area contributed by atoms with Crippen molar-refractivity contribution in [2.24, 2.45) is 0 Å². The first-order valence-electron chi connectivity index (χ1n) is 10.8. The highest BCUT2D eigenvalue weighted by Gasteiger charge is 2.09. The zero-order valence-electron chi connectivity index (χ0n) is 18.2. The SMILES string of the molecule is CCCCNC(=O)c1ccc(NC(=O)c2cccc(OCCOc3ccccc3)c2)cc1. The normalized spacial score (nSPS) is 10.3. The molecule has 3 rings (SSSR count). The summed E-state index contributed by atoms with van der Waals surface area (Å²) in [7, 11) is 0. The lowest BCUT2D eigenvalue weighted by Crippen LogP contribution is -2.24. The Kier molecular flexibility index (Phi) is 8.69. The van der Waals surface area contributed by atoms with Crippen LogP contribution >= 0.6 is 0 Å². The predicted molar refractivity (Wildman–Crippen MR) is 126 cm³/mol. The molecule has 0 atom stereocenters. The number of anilines is 1. The van der Waals surface area contributed by atoms with E-state index in [-0.39, 0.29) is 11.8 Å². The van der Waals surface area contributed by atoms with Crippen molar-refractivity contribution in [1.82, 2.24) is 5.32 Å². The van der Waals surface area contributed by atoms with Crippen LogP contribution in [0.5, 0.6) is 11.5 Å². The third-order valence-electron chi connectivity index (χ3n) is 4.68. The van der Waals surface area contributed by atoms with Gasteiger partial charge in [0.25, 0.3) is 11.8 Å². The summed E-state index contributed by atoms with van der Waals surface area (Å²) in [4.78, 5) is 24.7. The van der Waals surface area contributed by atoms with E-state index < -0.39 is 0 Å². The molecule has 32 heavy (non-hydrogen) atoms. The second-order valence-corrected chi connectivity index (χ2v) is 7.18. The number of nitrogens with one attached hydrogen (secondary N) is 2. The Morgan fingerprint density at radius 1 is 0.750 bits per heavy atom. The summed E-state index contributed by atoms with van der Waals surface area (Å²) in [5, 5.41) is 5.71. The lowest BCUT2D eigenvalue weighted by Gasteiger charge is -2.10. The van der Waals surface area contributed by atoms with Gasteiger partial charge in [0.1, 0.15) is 24.7 Å². The Bertz CT molecular complexity index is 1000. The predicted octanol–water partition coefficient (Wildman–Crippen LogP) is 4.93. The number of ether oxygens (including phenoxy) is 2. The van der Waals surface area contributed by atoms with E-state index in [4.69, 9.17) is 9.47 Å². The van der Waals surface area contributed by atoms with Crippen LogP contribution in [0.15, 0.2) is 78.9 Å². The summed E-state index contributed by atoms with van der Waals surface area (Å²) in [6, 6.07) is 23.3. The van der Waals surface area contributed by atoms with Crippen LogP contribution in [0.25, 0.3) is 0 Å². The lowest BCUT2D eigenvalue weighted by atomic mass is 10.1. The summed E-state index contributed by atoms with van der Waals surface area (Å²) >= 11 is 0. The second-order valence-electron chi connectivity index (χ2n) is 7.18. The van der Waals surface area contributed by atoms with Gasteiger partial charge in [0.05, 0.1) is 0 Å². The zero-order valence-corrected chi connectivity index (χ0v) is 18.2. The van der Waals surface area contributed by atoms with E-state index in [1.165, 1.54) is 0 Å². The monoisotopic (exact) mass is 432 g/mol. The number of amides is 2. The number of para-hydroxylation sites is 1. The number of carbonyl (C=O) groups is 2. The molecule has 3 aromatic rings. The molecule has 0 aromatic heterocycles. The average Bonchev–Trinajstić information content (AvgIpc) is 2.83. The molecule has 0 aliphatic carbocycles.